The number of nitrogens with zero attached hydrogens (tertiary/aromatic N) is 2. The molecule has 96 valence electrons. The summed E-state index contributed by atoms with van der Waals surface area (Å²) in [6.07, 6.45) is 3.61. The number of imidazole rings is 1. The van der Waals surface area contributed by atoms with Crippen LogP contribution in [0.15, 0.2) is 55.0 Å². The van der Waals surface area contributed by atoms with Gasteiger partial charge in [-0.1, -0.05) is 36.4 Å². The highest BCUT2D eigenvalue weighted by Crippen LogP contribution is 2.24. The number of hydrazine groups is 1. The summed E-state index contributed by atoms with van der Waals surface area (Å²) in [5, 5.41) is 2.44. The molecule has 3 rings (SSSR count). The van der Waals surface area contributed by atoms with Crippen molar-refractivity contribution < 1.29 is 0 Å². The predicted octanol–water partition coefficient (Wildman–Crippen LogP) is 2.13. The van der Waals surface area contributed by atoms with Gasteiger partial charge in [0, 0.05) is 7.05 Å². The van der Waals surface area contributed by atoms with Gasteiger partial charge in [-0.05, 0) is 22.4 Å². The molecule has 3 aromatic rings. The lowest BCUT2D eigenvalue weighted by atomic mass is 10.0. The average Bonchev–Trinajstić information content (AvgIpc) is 2.86. The second kappa shape index (κ2) is 4.84. The van der Waals surface area contributed by atoms with E-state index in [-0.39, 0.29) is 6.04 Å². The van der Waals surface area contributed by atoms with E-state index in [9.17, 15) is 0 Å². The molecule has 4 heteroatoms. The van der Waals surface area contributed by atoms with E-state index in [0.29, 0.717) is 0 Å². The Morgan fingerprint density at radius 1 is 1.16 bits per heavy atom. The van der Waals surface area contributed by atoms with Gasteiger partial charge in [-0.15, -0.1) is 0 Å². The monoisotopic (exact) mass is 252 g/mol. The van der Waals surface area contributed by atoms with Crippen molar-refractivity contribution in [3.8, 4) is 0 Å². The normalized spacial score (nSPS) is 12.7. The van der Waals surface area contributed by atoms with Crippen LogP contribution in [0.3, 0.4) is 0 Å². The van der Waals surface area contributed by atoms with Crippen molar-refractivity contribution in [1.29, 1.82) is 0 Å². The molecule has 1 unspecified atom stereocenters. The average molecular weight is 252 g/mol. The zero-order valence-corrected chi connectivity index (χ0v) is 10.7. The Morgan fingerprint density at radius 3 is 2.63 bits per heavy atom. The first-order chi connectivity index (χ1) is 9.29. The Bertz CT molecular complexity index is 702. The number of aromatic nitrogens is 2. The number of hydrogen-bond acceptors (Lipinski definition) is 3. The summed E-state index contributed by atoms with van der Waals surface area (Å²) in [4.78, 5) is 4.15. The molecule has 0 fully saturated rings. The Balaban J connectivity index is 2.09. The molecule has 0 aliphatic heterocycles. The Labute approximate surface area is 111 Å². The second-order valence-corrected chi connectivity index (χ2v) is 4.64. The highest BCUT2D eigenvalue weighted by molar-refractivity contribution is 5.83. The minimum absolute atomic E-state index is 0.0582. The fraction of sp³-hybridized carbons (Fsp3) is 0.133. The van der Waals surface area contributed by atoms with E-state index < -0.39 is 0 Å². The van der Waals surface area contributed by atoms with Crippen molar-refractivity contribution in [3.05, 3.63) is 66.2 Å². The number of nitrogens with two attached hydrogens (primary N) is 1. The standard InChI is InChI=1S/C15H16N4/c1-19-10-17-9-14(19)15(18-16)13-7-6-11-4-2-3-5-12(11)8-13/h2-10,15,18H,16H2,1H3. The largest absolute Gasteiger partial charge is 0.336 e. The van der Waals surface area contributed by atoms with Gasteiger partial charge in [0.15, 0.2) is 0 Å². The van der Waals surface area contributed by atoms with Gasteiger partial charge in [-0.3, -0.25) is 5.84 Å². The van der Waals surface area contributed by atoms with E-state index in [1.54, 1.807) is 6.33 Å². The van der Waals surface area contributed by atoms with Gasteiger partial charge in [0.05, 0.1) is 24.3 Å². The molecule has 0 saturated carbocycles. The number of hydrogen-bond donors (Lipinski definition) is 2. The molecule has 0 aliphatic rings. The first kappa shape index (κ1) is 11.9. The summed E-state index contributed by atoms with van der Waals surface area (Å²) in [6, 6.07) is 14.6. The van der Waals surface area contributed by atoms with Crippen LogP contribution >= 0.6 is 0 Å². The third-order valence-electron chi connectivity index (χ3n) is 3.42. The number of nitrogens with one attached hydrogen (secondary N) is 1. The summed E-state index contributed by atoms with van der Waals surface area (Å²) in [5.74, 6) is 5.72. The van der Waals surface area contributed by atoms with E-state index in [1.165, 1.54) is 10.8 Å². The number of aryl methyl sites for hydroxylation is 1. The first-order valence-corrected chi connectivity index (χ1v) is 6.20. The van der Waals surface area contributed by atoms with Gasteiger partial charge >= 0.3 is 0 Å². The van der Waals surface area contributed by atoms with Gasteiger partial charge < -0.3 is 4.57 Å². The summed E-state index contributed by atoms with van der Waals surface area (Å²) >= 11 is 0. The molecular weight excluding hydrogens is 236 g/mol. The van der Waals surface area contributed by atoms with Crippen LogP contribution in [-0.4, -0.2) is 9.55 Å². The Kier molecular flexibility index (Phi) is 3.03. The quantitative estimate of drug-likeness (QED) is 0.554. The molecular formula is C15H16N4. The van der Waals surface area contributed by atoms with Gasteiger partial charge in [0.1, 0.15) is 0 Å². The molecule has 0 saturated heterocycles. The minimum Gasteiger partial charge on any atom is -0.336 e. The molecule has 0 aliphatic carbocycles. The van der Waals surface area contributed by atoms with Gasteiger partial charge in [-0.2, -0.15) is 0 Å². The van der Waals surface area contributed by atoms with Gasteiger partial charge in [0.25, 0.3) is 0 Å². The van der Waals surface area contributed by atoms with E-state index >= 15 is 0 Å². The molecule has 2 aromatic carbocycles. The summed E-state index contributed by atoms with van der Waals surface area (Å²) in [7, 11) is 1.97. The van der Waals surface area contributed by atoms with E-state index in [4.69, 9.17) is 5.84 Å². The van der Waals surface area contributed by atoms with Crippen LogP contribution in [0.2, 0.25) is 0 Å². The second-order valence-electron chi connectivity index (χ2n) is 4.64. The molecule has 1 aromatic heterocycles. The van der Waals surface area contributed by atoms with Gasteiger partial charge in [0.2, 0.25) is 0 Å². The first-order valence-electron chi connectivity index (χ1n) is 6.20. The lowest BCUT2D eigenvalue weighted by Gasteiger charge is -2.17. The molecule has 4 nitrogen and oxygen atoms in total. The smallest absolute Gasteiger partial charge is 0.0946 e. The maximum atomic E-state index is 5.72. The van der Waals surface area contributed by atoms with Crippen molar-refractivity contribution in [2.75, 3.05) is 0 Å². The summed E-state index contributed by atoms with van der Waals surface area (Å²) < 4.78 is 1.97. The highest BCUT2D eigenvalue weighted by Gasteiger charge is 2.15. The van der Waals surface area contributed by atoms with Crippen molar-refractivity contribution in [1.82, 2.24) is 15.0 Å². The third-order valence-corrected chi connectivity index (χ3v) is 3.42. The van der Waals surface area contributed by atoms with E-state index in [0.717, 1.165) is 11.3 Å². The van der Waals surface area contributed by atoms with Crippen LogP contribution in [0.5, 0.6) is 0 Å². The van der Waals surface area contributed by atoms with Crippen LogP contribution in [-0.2, 0) is 7.05 Å². The van der Waals surface area contributed by atoms with Crippen LogP contribution in [0.25, 0.3) is 10.8 Å². The van der Waals surface area contributed by atoms with E-state index in [2.05, 4.69) is 40.7 Å². The summed E-state index contributed by atoms with van der Waals surface area (Å²) in [6.45, 7) is 0. The van der Waals surface area contributed by atoms with Crippen LogP contribution in [0.1, 0.15) is 17.3 Å². The fourth-order valence-corrected chi connectivity index (χ4v) is 2.39. The molecule has 1 atom stereocenters. The Morgan fingerprint density at radius 2 is 1.95 bits per heavy atom. The minimum atomic E-state index is -0.0582. The molecule has 19 heavy (non-hydrogen) atoms. The van der Waals surface area contributed by atoms with Crippen LogP contribution in [0, 0.1) is 0 Å². The van der Waals surface area contributed by atoms with Gasteiger partial charge in [-0.25, -0.2) is 10.4 Å². The zero-order valence-electron chi connectivity index (χ0n) is 10.7. The topological polar surface area (TPSA) is 55.9 Å². The van der Waals surface area contributed by atoms with Crippen LogP contribution < -0.4 is 11.3 Å². The molecule has 3 N–H and O–H groups in total. The molecule has 0 amide bonds. The fourth-order valence-electron chi connectivity index (χ4n) is 2.39. The molecule has 0 bridgehead atoms. The van der Waals surface area contributed by atoms with Crippen molar-refractivity contribution >= 4 is 10.8 Å². The maximum absolute atomic E-state index is 5.72. The highest BCUT2D eigenvalue weighted by atomic mass is 15.2. The molecule has 0 radical (unpaired) electrons. The van der Waals surface area contributed by atoms with Crippen molar-refractivity contribution in [2.45, 2.75) is 6.04 Å². The SMILES string of the molecule is Cn1cncc1C(NN)c1ccc2ccccc2c1. The number of rotatable bonds is 3. The maximum Gasteiger partial charge on any atom is 0.0946 e. The number of fused-ring (bicyclic) bond motifs is 1. The lowest BCUT2D eigenvalue weighted by molar-refractivity contribution is 0.598. The van der Waals surface area contributed by atoms with Crippen molar-refractivity contribution in [2.24, 2.45) is 12.9 Å². The lowest BCUT2D eigenvalue weighted by Crippen LogP contribution is -2.30. The van der Waals surface area contributed by atoms with Crippen molar-refractivity contribution in [3.63, 3.8) is 0 Å². The number of benzene rings is 2. The predicted molar refractivity (Wildman–Crippen MR) is 76.3 cm³/mol. The Hall–Kier alpha value is -2.17. The molecule has 1 heterocycles. The zero-order chi connectivity index (χ0) is 13.2. The summed E-state index contributed by atoms with van der Waals surface area (Å²) in [5.41, 5.74) is 5.03. The van der Waals surface area contributed by atoms with E-state index in [1.807, 2.05) is 29.9 Å². The van der Waals surface area contributed by atoms with Crippen LogP contribution in [0.4, 0.5) is 0 Å². The third kappa shape index (κ3) is 2.12. The molecule has 0 spiro atoms.